The van der Waals surface area contributed by atoms with Gasteiger partial charge in [-0.1, -0.05) is 6.07 Å². The van der Waals surface area contributed by atoms with Gasteiger partial charge in [-0.15, -0.1) is 0 Å². The molecule has 0 spiro atoms. The van der Waals surface area contributed by atoms with Crippen LogP contribution in [-0.2, 0) is 15.7 Å². The highest BCUT2D eigenvalue weighted by Gasteiger charge is 2.30. The number of carbonyl (C=O) groups excluding carboxylic acids is 2. The molecule has 2 amide bonds. The van der Waals surface area contributed by atoms with E-state index >= 15 is 0 Å². The third-order valence-corrected chi connectivity index (χ3v) is 4.46. The lowest BCUT2D eigenvalue weighted by Crippen LogP contribution is -2.40. The SMILES string of the molecule is O=C(COc1ccc(C(=O)NC2CCCOC2)cc1)Nc1cccc(C(F)(F)F)c1. The molecule has 3 rings (SSSR count). The minimum absolute atomic E-state index is 0.0123. The van der Waals surface area contributed by atoms with Crippen LogP contribution in [0, 0.1) is 0 Å². The first kappa shape index (κ1) is 21.6. The van der Waals surface area contributed by atoms with Gasteiger partial charge in [0.2, 0.25) is 0 Å². The van der Waals surface area contributed by atoms with Crippen LogP contribution in [0.4, 0.5) is 18.9 Å². The van der Waals surface area contributed by atoms with Crippen molar-refractivity contribution >= 4 is 17.5 Å². The van der Waals surface area contributed by atoms with E-state index in [0.29, 0.717) is 24.5 Å². The van der Waals surface area contributed by atoms with Crippen molar-refractivity contribution in [3.8, 4) is 5.75 Å². The van der Waals surface area contributed by atoms with E-state index in [1.807, 2.05) is 0 Å². The van der Waals surface area contributed by atoms with E-state index in [0.717, 1.165) is 25.0 Å². The average molecular weight is 422 g/mol. The second kappa shape index (κ2) is 9.62. The van der Waals surface area contributed by atoms with Gasteiger partial charge in [0.05, 0.1) is 18.2 Å². The molecule has 1 fully saturated rings. The second-order valence-corrected chi connectivity index (χ2v) is 6.83. The molecule has 160 valence electrons. The van der Waals surface area contributed by atoms with Gasteiger partial charge in [0.15, 0.2) is 6.61 Å². The van der Waals surface area contributed by atoms with Gasteiger partial charge < -0.3 is 20.1 Å². The summed E-state index contributed by atoms with van der Waals surface area (Å²) < 4.78 is 48.8. The molecule has 0 aliphatic carbocycles. The number of nitrogens with one attached hydrogen (secondary N) is 2. The van der Waals surface area contributed by atoms with Gasteiger partial charge in [-0.3, -0.25) is 9.59 Å². The van der Waals surface area contributed by atoms with Gasteiger partial charge in [0, 0.05) is 17.9 Å². The standard InChI is InChI=1S/C21H21F3N2O4/c22-21(23,24)15-3-1-4-16(11-15)25-19(27)13-30-18-8-6-14(7-9-18)20(28)26-17-5-2-10-29-12-17/h1,3-4,6-9,11,17H,2,5,10,12-13H2,(H,25,27)(H,26,28). The van der Waals surface area contributed by atoms with Crippen LogP contribution in [0.3, 0.4) is 0 Å². The highest BCUT2D eigenvalue weighted by molar-refractivity contribution is 5.94. The molecule has 1 atom stereocenters. The molecular weight excluding hydrogens is 401 g/mol. The Bertz CT molecular complexity index is 879. The fourth-order valence-electron chi connectivity index (χ4n) is 2.95. The topological polar surface area (TPSA) is 76.7 Å². The second-order valence-electron chi connectivity index (χ2n) is 6.83. The zero-order valence-corrected chi connectivity index (χ0v) is 16.0. The van der Waals surface area contributed by atoms with Crippen LogP contribution in [-0.4, -0.2) is 37.7 Å². The van der Waals surface area contributed by atoms with Gasteiger partial charge in [-0.05, 0) is 55.3 Å². The molecule has 0 saturated carbocycles. The Labute approximate surface area is 171 Å². The van der Waals surface area contributed by atoms with Crippen LogP contribution in [0.2, 0.25) is 0 Å². The smallest absolute Gasteiger partial charge is 0.416 e. The summed E-state index contributed by atoms with van der Waals surface area (Å²) in [5.74, 6) is -0.473. The van der Waals surface area contributed by atoms with E-state index in [1.54, 1.807) is 24.3 Å². The summed E-state index contributed by atoms with van der Waals surface area (Å²) in [6.45, 7) is 0.814. The highest BCUT2D eigenvalue weighted by Crippen LogP contribution is 2.30. The highest BCUT2D eigenvalue weighted by atomic mass is 19.4. The number of hydrogen-bond acceptors (Lipinski definition) is 4. The molecule has 0 radical (unpaired) electrons. The Hall–Kier alpha value is -3.07. The number of alkyl halides is 3. The Kier molecular flexibility index (Phi) is 6.94. The Morgan fingerprint density at radius 2 is 1.90 bits per heavy atom. The fourth-order valence-corrected chi connectivity index (χ4v) is 2.95. The number of hydrogen-bond donors (Lipinski definition) is 2. The molecule has 0 aromatic heterocycles. The monoisotopic (exact) mass is 422 g/mol. The predicted octanol–water partition coefficient (Wildman–Crippen LogP) is 3.63. The van der Waals surface area contributed by atoms with Crippen molar-refractivity contribution < 1.29 is 32.2 Å². The molecule has 30 heavy (non-hydrogen) atoms. The zero-order chi connectivity index (χ0) is 21.6. The van der Waals surface area contributed by atoms with Crippen molar-refractivity contribution in [3.63, 3.8) is 0 Å². The van der Waals surface area contributed by atoms with E-state index < -0.39 is 17.6 Å². The Balaban J connectivity index is 1.48. The number of anilines is 1. The van der Waals surface area contributed by atoms with Gasteiger partial charge in [0.1, 0.15) is 5.75 Å². The Morgan fingerprint density at radius 3 is 2.57 bits per heavy atom. The number of halogens is 3. The van der Waals surface area contributed by atoms with E-state index in [-0.39, 0.29) is 24.2 Å². The third-order valence-electron chi connectivity index (χ3n) is 4.46. The molecule has 2 N–H and O–H groups in total. The normalized spacial score (nSPS) is 16.6. The number of ether oxygens (including phenoxy) is 2. The molecule has 9 heteroatoms. The first-order chi connectivity index (χ1) is 14.3. The van der Waals surface area contributed by atoms with Crippen LogP contribution in [0.15, 0.2) is 48.5 Å². The molecule has 1 heterocycles. The summed E-state index contributed by atoms with van der Waals surface area (Å²) in [4.78, 5) is 24.2. The molecule has 2 aromatic carbocycles. The minimum Gasteiger partial charge on any atom is -0.484 e. The summed E-state index contributed by atoms with van der Waals surface area (Å²) in [5, 5.41) is 5.26. The lowest BCUT2D eigenvalue weighted by molar-refractivity contribution is -0.137. The van der Waals surface area contributed by atoms with Gasteiger partial charge in [-0.25, -0.2) is 0 Å². The molecule has 1 unspecified atom stereocenters. The molecule has 1 saturated heterocycles. The van der Waals surface area contributed by atoms with Crippen molar-refractivity contribution in [1.82, 2.24) is 5.32 Å². The van der Waals surface area contributed by atoms with E-state index in [4.69, 9.17) is 9.47 Å². The largest absolute Gasteiger partial charge is 0.484 e. The molecule has 1 aliphatic rings. The first-order valence-corrected chi connectivity index (χ1v) is 9.40. The van der Waals surface area contributed by atoms with Crippen LogP contribution >= 0.6 is 0 Å². The van der Waals surface area contributed by atoms with Gasteiger partial charge in [0.25, 0.3) is 11.8 Å². The number of carbonyl (C=O) groups is 2. The molecule has 2 aromatic rings. The van der Waals surface area contributed by atoms with Gasteiger partial charge >= 0.3 is 6.18 Å². The van der Waals surface area contributed by atoms with Crippen molar-refractivity contribution in [2.75, 3.05) is 25.1 Å². The van der Waals surface area contributed by atoms with Crippen LogP contribution in [0.1, 0.15) is 28.8 Å². The van der Waals surface area contributed by atoms with Gasteiger partial charge in [-0.2, -0.15) is 13.2 Å². The molecule has 0 bridgehead atoms. The zero-order valence-electron chi connectivity index (χ0n) is 16.0. The quantitative estimate of drug-likeness (QED) is 0.746. The maximum Gasteiger partial charge on any atom is 0.416 e. The number of rotatable bonds is 6. The van der Waals surface area contributed by atoms with Crippen LogP contribution in [0.5, 0.6) is 5.75 Å². The maximum atomic E-state index is 12.7. The third kappa shape index (κ3) is 6.21. The summed E-state index contributed by atoms with van der Waals surface area (Å²) in [5.41, 5.74) is -0.381. The minimum atomic E-state index is -4.49. The van der Waals surface area contributed by atoms with E-state index in [2.05, 4.69) is 10.6 Å². The lowest BCUT2D eigenvalue weighted by atomic mass is 10.1. The first-order valence-electron chi connectivity index (χ1n) is 9.40. The number of benzene rings is 2. The molecule has 6 nitrogen and oxygen atoms in total. The van der Waals surface area contributed by atoms with Crippen LogP contribution in [0.25, 0.3) is 0 Å². The van der Waals surface area contributed by atoms with Crippen molar-refractivity contribution in [2.45, 2.75) is 25.1 Å². The molecule has 1 aliphatic heterocycles. The summed E-state index contributed by atoms with van der Waals surface area (Å²) >= 11 is 0. The van der Waals surface area contributed by atoms with Crippen molar-refractivity contribution in [1.29, 1.82) is 0 Å². The summed E-state index contributed by atoms with van der Waals surface area (Å²) in [6.07, 6.45) is -2.72. The predicted molar refractivity (Wildman–Crippen MR) is 103 cm³/mol. The van der Waals surface area contributed by atoms with Crippen molar-refractivity contribution in [2.24, 2.45) is 0 Å². The molecular formula is C21H21F3N2O4. The average Bonchev–Trinajstić information content (AvgIpc) is 2.73. The Morgan fingerprint density at radius 1 is 1.13 bits per heavy atom. The maximum absolute atomic E-state index is 12.7. The fraction of sp³-hybridized carbons (Fsp3) is 0.333. The summed E-state index contributed by atoms with van der Waals surface area (Å²) in [6, 6.07) is 10.6. The lowest BCUT2D eigenvalue weighted by Gasteiger charge is -2.23. The summed E-state index contributed by atoms with van der Waals surface area (Å²) in [7, 11) is 0. The van der Waals surface area contributed by atoms with Crippen LogP contribution < -0.4 is 15.4 Å². The van der Waals surface area contributed by atoms with E-state index in [1.165, 1.54) is 12.1 Å². The van der Waals surface area contributed by atoms with Crippen molar-refractivity contribution in [3.05, 3.63) is 59.7 Å². The number of amides is 2. The van der Waals surface area contributed by atoms with E-state index in [9.17, 15) is 22.8 Å².